The van der Waals surface area contributed by atoms with Gasteiger partial charge in [-0.15, -0.1) is 6.42 Å². The third-order valence-electron chi connectivity index (χ3n) is 3.67. The van der Waals surface area contributed by atoms with E-state index in [4.69, 9.17) is 15.9 Å². The maximum atomic E-state index is 12.6. The summed E-state index contributed by atoms with van der Waals surface area (Å²) in [4.78, 5) is 17.4. The maximum absolute atomic E-state index is 12.6. The molecule has 3 aromatic rings. The number of hydrogen-bond acceptors (Lipinski definition) is 4. The molecule has 0 N–H and O–H groups in total. The molecule has 0 aliphatic carbocycles. The SMILES string of the molecule is C#CCn1c(=NC(=O)c2ccc(OC)c(OC)c2)sc2ccccc21. The molecule has 0 spiro atoms. The van der Waals surface area contributed by atoms with Crippen LogP contribution in [0.1, 0.15) is 10.4 Å². The molecule has 2 aromatic carbocycles. The Morgan fingerprint density at radius 1 is 1.20 bits per heavy atom. The lowest BCUT2D eigenvalue weighted by Crippen LogP contribution is -2.16. The minimum absolute atomic E-state index is 0.349. The Morgan fingerprint density at radius 2 is 1.96 bits per heavy atom. The van der Waals surface area contributed by atoms with Crippen molar-refractivity contribution in [3.8, 4) is 23.8 Å². The largest absolute Gasteiger partial charge is 0.493 e. The van der Waals surface area contributed by atoms with Gasteiger partial charge >= 0.3 is 0 Å². The summed E-state index contributed by atoms with van der Waals surface area (Å²) >= 11 is 1.43. The number of rotatable bonds is 4. The number of amides is 1. The fourth-order valence-corrected chi connectivity index (χ4v) is 3.50. The van der Waals surface area contributed by atoms with Gasteiger partial charge in [-0.1, -0.05) is 29.4 Å². The van der Waals surface area contributed by atoms with E-state index in [2.05, 4.69) is 10.9 Å². The van der Waals surface area contributed by atoms with Crippen LogP contribution in [0.3, 0.4) is 0 Å². The molecular formula is C19H16N2O3S. The molecule has 0 aliphatic rings. The molecule has 3 rings (SSSR count). The summed E-state index contributed by atoms with van der Waals surface area (Å²) in [5, 5.41) is 0. The summed E-state index contributed by atoms with van der Waals surface area (Å²) in [6.45, 7) is 0.349. The standard InChI is InChI=1S/C19H16N2O3S/c1-4-11-21-14-7-5-6-8-17(14)25-19(21)20-18(22)13-9-10-15(23-2)16(12-13)24-3/h1,5-10,12H,11H2,2-3H3. The van der Waals surface area contributed by atoms with Gasteiger partial charge in [0.05, 0.1) is 31.0 Å². The number of terminal acetylenes is 1. The summed E-state index contributed by atoms with van der Waals surface area (Å²) in [6, 6.07) is 12.8. The van der Waals surface area contributed by atoms with Crippen LogP contribution in [-0.4, -0.2) is 24.7 Å². The van der Waals surface area contributed by atoms with Crippen molar-refractivity contribution in [1.82, 2.24) is 4.57 Å². The number of hydrogen-bond donors (Lipinski definition) is 0. The van der Waals surface area contributed by atoms with Gasteiger partial charge in [-0.25, -0.2) is 0 Å². The number of carbonyl (C=O) groups excluding carboxylic acids is 1. The molecule has 0 radical (unpaired) electrons. The zero-order valence-electron chi connectivity index (χ0n) is 13.9. The fraction of sp³-hybridized carbons (Fsp3) is 0.158. The van der Waals surface area contributed by atoms with Gasteiger partial charge in [0.1, 0.15) is 0 Å². The van der Waals surface area contributed by atoms with E-state index in [-0.39, 0.29) is 5.91 Å². The van der Waals surface area contributed by atoms with Gasteiger partial charge in [-0.3, -0.25) is 4.79 Å². The van der Waals surface area contributed by atoms with E-state index in [1.807, 2.05) is 28.8 Å². The summed E-state index contributed by atoms with van der Waals surface area (Å²) in [6.07, 6.45) is 5.47. The molecule has 25 heavy (non-hydrogen) atoms. The van der Waals surface area contributed by atoms with E-state index in [0.29, 0.717) is 28.4 Å². The van der Waals surface area contributed by atoms with Crippen molar-refractivity contribution in [2.75, 3.05) is 14.2 Å². The Balaban J connectivity index is 2.09. The van der Waals surface area contributed by atoms with E-state index in [1.54, 1.807) is 25.3 Å². The van der Waals surface area contributed by atoms with Crippen molar-refractivity contribution >= 4 is 27.5 Å². The minimum Gasteiger partial charge on any atom is -0.493 e. The molecular weight excluding hydrogens is 336 g/mol. The highest BCUT2D eigenvalue weighted by molar-refractivity contribution is 7.16. The monoisotopic (exact) mass is 352 g/mol. The van der Waals surface area contributed by atoms with Gasteiger partial charge in [0, 0.05) is 5.56 Å². The molecule has 1 amide bonds. The first-order chi connectivity index (χ1) is 12.2. The topological polar surface area (TPSA) is 52.8 Å². The van der Waals surface area contributed by atoms with E-state index in [0.717, 1.165) is 10.2 Å². The Morgan fingerprint density at radius 3 is 2.68 bits per heavy atom. The van der Waals surface area contributed by atoms with Crippen molar-refractivity contribution in [2.45, 2.75) is 6.54 Å². The average Bonchev–Trinajstić information content (AvgIpc) is 2.98. The molecule has 0 unspecified atom stereocenters. The van der Waals surface area contributed by atoms with Gasteiger partial charge in [-0.05, 0) is 30.3 Å². The van der Waals surface area contributed by atoms with Gasteiger partial charge in [0.2, 0.25) is 0 Å². The number of fused-ring (bicyclic) bond motifs is 1. The summed E-state index contributed by atoms with van der Waals surface area (Å²) in [7, 11) is 3.07. The third kappa shape index (κ3) is 3.28. The minimum atomic E-state index is -0.363. The average molecular weight is 352 g/mol. The fourth-order valence-electron chi connectivity index (χ4n) is 2.47. The van der Waals surface area contributed by atoms with E-state index < -0.39 is 0 Å². The number of benzene rings is 2. The van der Waals surface area contributed by atoms with Crippen LogP contribution in [0.4, 0.5) is 0 Å². The molecule has 5 nitrogen and oxygen atoms in total. The van der Waals surface area contributed by atoms with E-state index in [1.165, 1.54) is 18.4 Å². The second-order valence-electron chi connectivity index (χ2n) is 5.13. The van der Waals surface area contributed by atoms with Crippen LogP contribution in [0, 0.1) is 12.3 Å². The predicted molar refractivity (Wildman–Crippen MR) is 98.1 cm³/mol. The first-order valence-electron chi connectivity index (χ1n) is 7.51. The highest BCUT2D eigenvalue weighted by atomic mass is 32.1. The summed E-state index contributed by atoms with van der Waals surface area (Å²) < 4.78 is 13.3. The molecule has 0 fully saturated rings. The zero-order valence-corrected chi connectivity index (χ0v) is 14.7. The molecule has 0 atom stereocenters. The molecule has 1 heterocycles. The van der Waals surface area contributed by atoms with Crippen LogP contribution >= 0.6 is 11.3 Å². The van der Waals surface area contributed by atoms with Crippen molar-refractivity contribution in [3.05, 3.63) is 52.8 Å². The van der Waals surface area contributed by atoms with E-state index >= 15 is 0 Å². The van der Waals surface area contributed by atoms with Crippen molar-refractivity contribution in [3.63, 3.8) is 0 Å². The Kier molecular flexibility index (Phi) is 4.87. The van der Waals surface area contributed by atoms with Crippen molar-refractivity contribution in [2.24, 2.45) is 4.99 Å². The second-order valence-corrected chi connectivity index (χ2v) is 6.14. The predicted octanol–water partition coefficient (Wildman–Crippen LogP) is 3.09. The Bertz CT molecular complexity index is 1040. The number of aromatic nitrogens is 1. The van der Waals surface area contributed by atoms with Crippen molar-refractivity contribution in [1.29, 1.82) is 0 Å². The number of methoxy groups -OCH3 is 2. The number of para-hydroxylation sites is 1. The second kappa shape index (κ2) is 7.24. The quantitative estimate of drug-likeness (QED) is 0.678. The molecule has 0 bridgehead atoms. The third-order valence-corrected chi connectivity index (χ3v) is 4.72. The van der Waals surface area contributed by atoms with E-state index in [9.17, 15) is 4.79 Å². The van der Waals surface area contributed by atoms with Crippen LogP contribution in [0.25, 0.3) is 10.2 Å². The highest BCUT2D eigenvalue weighted by Crippen LogP contribution is 2.27. The Labute approximate surface area is 149 Å². The van der Waals surface area contributed by atoms with Crippen LogP contribution in [-0.2, 0) is 6.54 Å². The zero-order chi connectivity index (χ0) is 17.8. The lowest BCUT2D eigenvalue weighted by atomic mass is 10.2. The molecule has 1 aromatic heterocycles. The van der Waals surface area contributed by atoms with Crippen LogP contribution in [0.5, 0.6) is 11.5 Å². The van der Waals surface area contributed by atoms with Gasteiger partial charge in [0.15, 0.2) is 16.3 Å². The van der Waals surface area contributed by atoms with Crippen molar-refractivity contribution < 1.29 is 14.3 Å². The van der Waals surface area contributed by atoms with Crippen LogP contribution < -0.4 is 14.3 Å². The lowest BCUT2D eigenvalue weighted by molar-refractivity contribution is 0.0997. The summed E-state index contributed by atoms with van der Waals surface area (Å²) in [5.74, 6) is 3.29. The normalized spacial score (nSPS) is 11.3. The maximum Gasteiger partial charge on any atom is 0.279 e. The summed E-state index contributed by atoms with van der Waals surface area (Å²) in [5.41, 5.74) is 1.38. The molecule has 126 valence electrons. The molecule has 0 saturated carbocycles. The highest BCUT2D eigenvalue weighted by Gasteiger charge is 2.11. The van der Waals surface area contributed by atoms with Gasteiger partial charge in [-0.2, -0.15) is 4.99 Å². The molecule has 6 heteroatoms. The smallest absolute Gasteiger partial charge is 0.279 e. The molecule has 0 saturated heterocycles. The first-order valence-corrected chi connectivity index (χ1v) is 8.32. The van der Waals surface area contributed by atoms with Crippen LogP contribution in [0.2, 0.25) is 0 Å². The molecule has 0 aliphatic heterocycles. The van der Waals surface area contributed by atoms with Gasteiger partial charge < -0.3 is 14.0 Å². The number of carbonyl (C=O) groups is 1. The van der Waals surface area contributed by atoms with Gasteiger partial charge in [0.25, 0.3) is 5.91 Å². The Hall–Kier alpha value is -3.04. The first kappa shape index (κ1) is 16.8. The number of nitrogens with zero attached hydrogens (tertiary/aromatic N) is 2. The number of ether oxygens (including phenoxy) is 2. The lowest BCUT2D eigenvalue weighted by Gasteiger charge is -2.07. The van der Waals surface area contributed by atoms with Crippen LogP contribution in [0.15, 0.2) is 47.5 Å². The number of thiazole rings is 1.